The summed E-state index contributed by atoms with van der Waals surface area (Å²) in [4.78, 5) is 14.9. The van der Waals surface area contributed by atoms with Gasteiger partial charge in [0.1, 0.15) is 6.26 Å². The lowest BCUT2D eigenvalue weighted by molar-refractivity contribution is 0.136. The molecule has 2 fully saturated rings. The van der Waals surface area contributed by atoms with E-state index in [2.05, 4.69) is 43.9 Å². The normalized spacial score (nSPS) is 20.3. The summed E-state index contributed by atoms with van der Waals surface area (Å²) in [5, 5.41) is 7.50. The van der Waals surface area contributed by atoms with Gasteiger partial charge >= 0.3 is 0 Å². The van der Waals surface area contributed by atoms with Crippen molar-refractivity contribution < 1.29 is 4.52 Å². The van der Waals surface area contributed by atoms with E-state index in [0.717, 1.165) is 63.9 Å². The Morgan fingerprint density at radius 2 is 1.72 bits per heavy atom. The molecule has 0 saturated carbocycles. The number of piperazine rings is 2. The summed E-state index contributed by atoms with van der Waals surface area (Å²) in [6, 6.07) is 1.95. The largest absolute Gasteiger partial charge is 0.364 e. The first-order valence-corrected chi connectivity index (χ1v) is 11.4. The molecule has 8 nitrogen and oxygen atoms in total. The molecule has 29 heavy (non-hydrogen) atoms. The van der Waals surface area contributed by atoms with Gasteiger partial charge in [-0.2, -0.15) is 0 Å². The highest BCUT2D eigenvalue weighted by molar-refractivity contribution is 5.80. The van der Waals surface area contributed by atoms with E-state index >= 15 is 0 Å². The van der Waals surface area contributed by atoms with Gasteiger partial charge < -0.3 is 24.5 Å². The van der Waals surface area contributed by atoms with E-state index in [1.807, 2.05) is 6.07 Å². The monoisotopic (exact) mass is 405 g/mol. The number of aromatic nitrogens is 1. The number of rotatable bonds is 9. The first-order valence-electron chi connectivity index (χ1n) is 11.4. The molecule has 1 aromatic heterocycles. The zero-order chi connectivity index (χ0) is 20.3. The predicted octanol–water partition coefficient (Wildman–Crippen LogP) is 1.18. The van der Waals surface area contributed by atoms with Crippen LogP contribution in [-0.2, 0) is 6.54 Å². The Balaban J connectivity index is 1.34. The summed E-state index contributed by atoms with van der Waals surface area (Å²) >= 11 is 0. The van der Waals surface area contributed by atoms with Gasteiger partial charge in [0, 0.05) is 78.1 Å². The maximum Gasteiger partial charge on any atom is 0.194 e. The van der Waals surface area contributed by atoms with Crippen LogP contribution < -0.4 is 5.32 Å². The molecule has 0 spiro atoms. The van der Waals surface area contributed by atoms with Crippen molar-refractivity contribution in [3.8, 4) is 0 Å². The highest BCUT2D eigenvalue weighted by atomic mass is 16.5. The molecule has 1 N–H and O–H groups in total. The molecule has 2 aliphatic heterocycles. The topological polar surface area (TPSA) is 63.4 Å². The molecule has 0 amide bonds. The number of hydrogen-bond donors (Lipinski definition) is 1. The smallest absolute Gasteiger partial charge is 0.194 e. The summed E-state index contributed by atoms with van der Waals surface area (Å²) in [5.74, 6) is 1.07. The molecule has 0 aliphatic carbocycles. The highest BCUT2D eigenvalue weighted by Crippen LogP contribution is 2.08. The molecule has 2 aliphatic rings. The summed E-state index contributed by atoms with van der Waals surface area (Å²) in [7, 11) is 0. The minimum absolute atomic E-state index is 0.866. The molecule has 3 rings (SSSR count). The summed E-state index contributed by atoms with van der Waals surface area (Å²) < 4.78 is 4.94. The Morgan fingerprint density at radius 1 is 1.00 bits per heavy atom. The van der Waals surface area contributed by atoms with Crippen molar-refractivity contribution in [3.05, 3.63) is 18.0 Å². The molecular weight excluding hydrogens is 366 g/mol. The van der Waals surface area contributed by atoms with Crippen molar-refractivity contribution in [3.63, 3.8) is 0 Å². The fourth-order valence-corrected chi connectivity index (χ4v) is 4.05. The van der Waals surface area contributed by atoms with Gasteiger partial charge in [-0.15, -0.1) is 0 Å². The molecule has 2 saturated heterocycles. The van der Waals surface area contributed by atoms with Crippen LogP contribution in [0, 0.1) is 0 Å². The van der Waals surface area contributed by atoms with E-state index in [4.69, 9.17) is 9.52 Å². The third-order valence-electron chi connectivity index (χ3n) is 5.94. The molecule has 8 heteroatoms. The molecular formula is C21H39N7O. The molecule has 1 aromatic rings. The number of aliphatic imine (C=N–C) groups is 1. The van der Waals surface area contributed by atoms with Crippen LogP contribution in [0.1, 0.15) is 32.4 Å². The van der Waals surface area contributed by atoms with Crippen LogP contribution in [0.4, 0.5) is 0 Å². The fourth-order valence-electron chi connectivity index (χ4n) is 4.05. The fraction of sp³-hybridized carbons (Fsp3) is 0.810. The van der Waals surface area contributed by atoms with Gasteiger partial charge in [0.2, 0.25) is 0 Å². The van der Waals surface area contributed by atoms with Crippen molar-refractivity contribution >= 4 is 5.96 Å². The lowest BCUT2D eigenvalue weighted by Crippen LogP contribution is -2.52. The molecule has 0 radical (unpaired) electrons. The number of unbranched alkanes of at least 4 members (excludes halogenated alkanes) is 1. The van der Waals surface area contributed by atoms with Crippen LogP contribution in [0.3, 0.4) is 0 Å². The molecule has 164 valence electrons. The molecule has 0 unspecified atom stereocenters. The van der Waals surface area contributed by atoms with Crippen molar-refractivity contribution in [2.75, 3.05) is 78.5 Å². The first-order chi connectivity index (χ1) is 14.3. The Labute approximate surface area is 175 Å². The van der Waals surface area contributed by atoms with Gasteiger partial charge in [0.15, 0.2) is 5.96 Å². The number of likely N-dealkylation sites (N-methyl/N-ethyl adjacent to an activating group) is 1. The van der Waals surface area contributed by atoms with Gasteiger partial charge in [0.05, 0.1) is 5.69 Å². The van der Waals surface area contributed by atoms with Gasteiger partial charge in [-0.25, -0.2) is 0 Å². The van der Waals surface area contributed by atoms with Crippen LogP contribution in [0.5, 0.6) is 0 Å². The van der Waals surface area contributed by atoms with Crippen molar-refractivity contribution in [2.24, 2.45) is 4.99 Å². The average molecular weight is 406 g/mol. The molecule has 0 aromatic carbocycles. The average Bonchev–Trinajstić information content (AvgIpc) is 3.27. The van der Waals surface area contributed by atoms with Crippen LogP contribution >= 0.6 is 0 Å². The van der Waals surface area contributed by atoms with Crippen LogP contribution in [0.25, 0.3) is 0 Å². The lowest BCUT2D eigenvalue weighted by Gasteiger charge is -2.36. The van der Waals surface area contributed by atoms with E-state index in [1.165, 1.54) is 45.7 Å². The summed E-state index contributed by atoms with van der Waals surface area (Å²) in [6.45, 7) is 18.5. The van der Waals surface area contributed by atoms with Crippen molar-refractivity contribution in [2.45, 2.75) is 33.2 Å². The first kappa shape index (κ1) is 22.1. The Bertz CT molecular complexity index is 576. The summed E-state index contributed by atoms with van der Waals surface area (Å²) in [5.41, 5.74) is 1.01. The predicted molar refractivity (Wildman–Crippen MR) is 117 cm³/mol. The quantitative estimate of drug-likeness (QED) is 0.376. The maximum absolute atomic E-state index is 4.94. The van der Waals surface area contributed by atoms with E-state index in [-0.39, 0.29) is 0 Å². The van der Waals surface area contributed by atoms with Crippen molar-refractivity contribution in [1.29, 1.82) is 0 Å². The second-order valence-electron chi connectivity index (χ2n) is 7.97. The number of nitrogens with one attached hydrogen (secondary N) is 1. The highest BCUT2D eigenvalue weighted by Gasteiger charge is 2.20. The minimum Gasteiger partial charge on any atom is -0.364 e. The molecule has 3 heterocycles. The summed E-state index contributed by atoms with van der Waals surface area (Å²) in [6.07, 6.45) is 4.04. The van der Waals surface area contributed by atoms with Crippen LogP contribution in [-0.4, -0.2) is 109 Å². The van der Waals surface area contributed by atoms with Crippen LogP contribution in [0.15, 0.2) is 21.8 Å². The SMILES string of the molecule is CCNC(=NCCCCN1CCN(CC)CC1)N1CCN(Cc2ccon2)CC1. The second kappa shape index (κ2) is 12.1. The Kier molecular flexibility index (Phi) is 9.24. The molecule has 0 bridgehead atoms. The van der Waals surface area contributed by atoms with Gasteiger partial charge in [-0.3, -0.25) is 9.89 Å². The Morgan fingerprint density at radius 3 is 2.38 bits per heavy atom. The maximum atomic E-state index is 4.94. The standard InChI is InChI=1S/C21H39N7O/c1-3-22-21(23-8-5-6-9-26-12-10-25(4-2)11-13-26)28-16-14-27(15-17-28)19-20-7-18-29-24-20/h7,18H,3-6,8-17,19H2,1-2H3,(H,22,23). The van der Waals surface area contributed by atoms with E-state index < -0.39 is 0 Å². The minimum atomic E-state index is 0.866. The van der Waals surface area contributed by atoms with Crippen LogP contribution in [0.2, 0.25) is 0 Å². The van der Waals surface area contributed by atoms with Crippen molar-refractivity contribution in [1.82, 2.24) is 30.1 Å². The third kappa shape index (κ3) is 7.28. The third-order valence-corrected chi connectivity index (χ3v) is 5.94. The Hall–Kier alpha value is -1.64. The van der Waals surface area contributed by atoms with Gasteiger partial charge in [0.25, 0.3) is 0 Å². The molecule has 0 atom stereocenters. The van der Waals surface area contributed by atoms with E-state index in [0.29, 0.717) is 0 Å². The number of nitrogens with zero attached hydrogens (tertiary/aromatic N) is 6. The van der Waals surface area contributed by atoms with Gasteiger partial charge in [-0.1, -0.05) is 12.1 Å². The number of hydrogen-bond acceptors (Lipinski definition) is 6. The second-order valence-corrected chi connectivity index (χ2v) is 7.97. The van der Waals surface area contributed by atoms with E-state index in [9.17, 15) is 0 Å². The number of guanidine groups is 1. The zero-order valence-electron chi connectivity index (χ0n) is 18.4. The lowest BCUT2D eigenvalue weighted by atomic mass is 10.2. The van der Waals surface area contributed by atoms with E-state index in [1.54, 1.807) is 6.26 Å². The zero-order valence-corrected chi connectivity index (χ0v) is 18.4. The van der Waals surface area contributed by atoms with Gasteiger partial charge in [-0.05, 0) is 32.9 Å².